The van der Waals surface area contributed by atoms with Crippen LogP contribution in [-0.2, 0) is 4.79 Å². The summed E-state index contributed by atoms with van der Waals surface area (Å²) in [7, 11) is 0. The summed E-state index contributed by atoms with van der Waals surface area (Å²) in [5.74, 6) is -0.433. The molecule has 0 aromatic rings. The molecule has 1 aliphatic carbocycles. The van der Waals surface area contributed by atoms with Crippen LogP contribution < -0.4 is 11.1 Å². The van der Waals surface area contributed by atoms with Gasteiger partial charge in [0.15, 0.2) is 11.4 Å². The molecule has 1 heterocycles. The smallest absolute Gasteiger partial charge is 0.222 e. The molecule has 0 aromatic heterocycles. The predicted molar refractivity (Wildman–Crippen MR) is 62.5 cm³/mol. The summed E-state index contributed by atoms with van der Waals surface area (Å²) in [6.07, 6.45) is 5.87. The number of carbonyl (C=O) groups excluding carboxylic acids is 1. The van der Waals surface area contributed by atoms with E-state index in [1.807, 2.05) is 6.19 Å². The number of aliphatic imine (C=N–C) groups is 1. The van der Waals surface area contributed by atoms with Crippen LogP contribution in [0.25, 0.3) is 0 Å². The molecule has 3 atom stereocenters. The van der Waals surface area contributed by atoms with Crippen LogP contribution in [0.2, 0.25) is 0 Å². The SMILES string of the molecule is N#CNC1=NC2C(CCCCC2C(N)=O)S1. The van der Waals surface area contributed by atoms with Gasteiger partial charge in [0, 0.05) is 5.25 Å². The van der Waals surface area contributed by atoms with Crippen molar-refractivity contribution in [1.82, 2.24) is 5.32 Å². The number of amidine groups is 1. The molecule has 1 aliphatic heterocycles. The Morgan fingerprint density at radius 3 is 3.00 bits per heavy atom. The lowest BCUT2D eigenvalue weighted by atomic mass is 9.94. The molecule has 6 heteroatoms. The first-order valence-electron chi connectivity index (χ1n) is 5.41. The zero-order valence-electron chi connectivity index (χ0n) is 8.85. The van der Waals surface area contributed by atoms with Gasteiger partial charge in [0.25, 0.3) is 0 Å². The molecule has 1 fully saturated rings. The second-order valence-corrected chi connectivity index (χ2v) is 5.34. The van der Waals surface area contributed by atoms with E-state index in [2.05, 4.69) is 10.3 Å². The third-order valence-corrected chi connectivity index (χ3v) is 4.35. The zero-order valence-corrected chi connectivity index (χ0v) is 9.67. The zero-order chi connectivity index (χ0) is 11.5. The molecule has 16 heavy (non-hydrogen) atoms. The molecule has 0 aromatic carbocycles. The van der Waals surface area contributed by atoms with Crippen LogP contribution >= 0.6 is 11.8 Å². The highest BCUT2D eigenvalue weighted by Gasteiger charge is 2.39. The molecule has 2 rings (SSSR count). The molecule has 86 valence electrons. The van der Waals surface area contributed by atoms with Crippen LogP contribution in [0.5, 0.6) is 0 Å². The monoisotopic (exact) mass is 238 g/mol. The number of nitriles is 1. The number of rotatable bonds is 1. The van der Waals surface area contributed by atoms with Crippen LogP contribution in [0.4, 0.5) is 0 Å². The topological polar surface area (TPSA) is 91.3 Å². The number of amides is 1. The van der Waals surface area contributed by atoms with Crippen molar-refractivity contribution in [2.75, 3.05) is 0 Å². The van der Waals surface area contributed by atoms with Crippen molar-refractivity contribution in [3.05, 3.63) is 0 Å². The maximum absolute atomic E-state index is 11.4. The average Bonchev–Trinajstić information content (AvgIpc) is 2.51. The number of nitrogens with two attached hydrogens (primary N) is 1. The average molecular weight is 238 g/mol. The van der Waals surface area contributed by atoms with Crippen molar-refractivity contribution in [3.8, 4) is 6.19 Å². The van der Waals surface area contributed by atoms with Gasteiger partial charge in [0.2, 0.25) is 5.91 Å². The number of fused-ring (bicyclic) bond motifs is 1. The first-order chi connectivity index (χ1) is 7.72. The highest BCUT2D eigenvalue weighted by molar-refractivity contribution is 8.14. The minimum atomic E-state index is -0.264. The molecule has 0 spiro atoms. The van der Waals surface area contributed by atoms with Gasteiger partial charge < -0.3 is 5.73 Å². The van der Waals surface area contributed by atoms with Gasteiger partial charge in [0.05, 0.1) is 12.0 Å². The molecular weight excluding hydrogens is 224 g/mol. The van der Waals surface area contributed by atoms with Crippen LogP contribution in [0, 0.1) is 17.4 Å². The molecule has 0 radical (unpaired) electrons. The minimum Gasteiger partial charge on any atom is -0.369 e. The van der Waals surface area contributed by atoms with Gasteiger partial charge >= 0.3 is 0 Å². The Hall–Kier alpha value is -1.22. The maximum Gasteiger partial charge on any atom is 0.222 e. The van der Waals surface area contributed by atoms with Crippen LogP contribution in [0.1, 0.15) is 25.7 Å². The summed E-state index contributed by atoms with van der Waals surface area (Å²) < 4.78 is 0. The van der Waals surface area contributed by atoms with E-state index in [9.17, 15) is 4.79 Å². The Kier molecular flexibility index (Phi) is 3.34. The van der Waals surface area contributed by atoms with Gasteiger partial charge in [0.1, 0.15) is 0 Å². The summed E-state index contributed by atoms with van der Waals surface area (Å²) >= 11 is 1.56. The Morgan fingerprint density at radius 1 is 1.56 bits per heavy atom. The van der Waals surface area contributed by atoms with E-state index in [1.165, 1.54) is 0 Å². The van der Waals surface area contributed by atoms with Crippen molar-refractivity contribution in [2.24, 2.45) is 16.6 Å². The van der Waals surface area contributed by atoms with E-state index >= 15 is 0 Å². The Bertz CT molecular complexity index is 362. The number of primary amides is 1. The number of nitrogens with zero attached hydrogens (tertiary/aromatic N) is 2. The Balaban J connectivity index is 2.17. The van der Waals surface area contributed by atoms with Crippen LogP contribution in [0.15, 0.2) is 4.99 Å². The van der Waals surface area contributed by atoms with Crippen molar-refractivity contribution >= 4 is 22.8 Å². The van der Waals surface area contributed by atoms with Gasteiger partial charge in [-0.15, -0.1) is 0 Å². The maximum atomic E-state index is 11.4. The lowest BCUT2D eigenvalue weighted by molar-refractivity contribution is -0.122. The Labute approximate surface area is 98.5 Å². The summed E-state index contributed by atoms with van der Waals surface area (Å²) in [6, 6.07) is -0.0409. The molecule has 2 aliphatic rings. The van der Waals surface area contributed by atoms with Gasteiger partial charge in [-0.3, -0.25) is 15.1 Å². The normalized spacial score (nSPS) is 33.2. The summed E-state index contributed by atoms with van der Waals surface area (Å²) in [5.41, 5.74) is 5.41. The fourth-order valence-electron chi connectivity index (χ4n) is 2.34. The van der Waals surface area contributed by atoms with Gasteiger partial charge in [-0.1, -0.05) is 24.6 Å². The molecule has 0 bridgehead atoms. The quantitative estimate of drug-likeness (QED) is 0.516. The van der Waals surface area contributed by atoms with Gasteiger partial charge in [-0.25, -0.2) is 0 Å². The fourth-order valence-corrected chi connectivity index (χ4v) is 3.59. The number of carbonyl (C=O) groups is 1. The molecule has 5 nitrogen and oxygen atoms in total. The molecule has 0 saturated heterocycles. The van der Waals surface area contributed by atoms with Crippen molar-refractivity contribution < 1.29 is 4.79 Å². The van der Waals surface area contributed by atoms with E-state index in [0.29, 0.717) is 10.4 Å². The minimum absolute atomic E-state index is 0.0409. The van der Waals surface area contributed by atoms with Gasteiger partial charge in [-0.2, -0.15) is 5.26 Å². The lowest BCUT2D eigenvalue weighted by Crippen LogP contribution is -2.35. The number of thioether (sulfide) groups is 1. The highest BCUT2D eigenvalue weighted by atomic mass is 32.2. The Morgan fingerprint density at radius 2 is 2.31 bits per heavy atom. The van der Waals surface area contributed by atoms with Crippen molar-refractivity contribution in [3.63, 3.8) is 0 Å². The standard InChI is InChI=1S/C10H14N4OS/c11-5-13-10-14-8-6(9(12)15)3-1-2-4-7(8)16-10/h6-8H,1-4H2,(H2,12,15)(H,13,14). The molecule has 3 unspecified atom stereocenters. The van der Waals surface area contributed by atoms with E-state index in [4.69, 9.17) is 11.0 Å². The second-order valence-electron chi connectivity index (χ2n) is 4.11. The van der Waals surface area contributed by atoms with Crippen LogP contribution in [-0.4, -0.2) is 22.4 Å². The van der Waals surface area contributed by atoms with E-state index in [-0.39, 0.29) is 17.9 Å². The fraction of sp³-hybridized carbons (Fsp3) is 0.700. The third kappa shape index (κ3) is 2.14. The second kappa shape index (κ2) is 4.74. The summed E-state index contributed by atoms with van der Waals surface area (Å²) in [6.45, 7) is 0. The largest absolute Gasteiger partial charge is 0.369 e. The van der Waals surface area contributed by atoms with Crippen molar-refractivity contribution in [1.29, 1.82) is 5.26 Å². The molecule has 1 amide bonds. The highest BCUT2D eigenvalue weighted by Crippen LogP contribution is 2.38. The summed E-state index contributed by atoms with van der Waals surface area (Å²) in [5, 5.41) is 12.0. The molecule has 3 N–H and O–H groups in total. The first-order valence-corrected chi connectivity index (χ1v) is 6.29. The molecule has 1 saturated carbocycles. The first kappa shape index (κ1) is 11.3. The lowest BCUT2D eigenvalue weighted by Gasteiger charge is -2.19. The van der Waals surface area contributed by atoms with Crippen LogP contribution in [0.3, 0.4) is 0 Å². The molecular formula is C10H14N4OS. The summed E-state index contributed by atoms with van der Waals surface area (Å²) in [4.78, 5) is 15.8. The number of nitrogens with one attached hydrogen (secondary N) is 1. The number of hydrogen-bond donors (Lipinski definition) is 2. The van der Waals surface area contributed by atoms with Gasteiger partial charge in [-0.05, 0) is 12.8 Å². The third-order valence-electron chi connectivity index (χ3n) is 3.10. The number of hydrogen-bond acceptors (Lipinski definition) is 5. The van der Waals surface area contributed by atoms with E-state index in [0.717, 1.165) is 25.7 Å². The van der Waals surface area contributed by atoms with E-state index < -0.39 is 0 Å². The van der Waals surface area contributed by atoms with Crippen molar-refractivity contribution in [2.45, 2.75) is 37.0 Å². The predicted octanol–water partition coefficient (Wildman–Crippen LogP) is 0.573. The van der Waals surface area contributed by atoms with E-state index in [1.54, 1.807) is 11.8 Å².